The first kappa shape index (κ1) is 15.3. The molecule has 0 bridgehead atoms. The Morgan fingerprint density at radius 3 is 2.47 bits per heavy atom. The van der Waals surface area contributed by atoms with E-state index >= 15 is 0 Å². The minimum atomic E-state index is 0.357. The molecule has 3 nitrogen and oxygen atoms in total. The second kappa shape index (κ2) is 6.11. The summed E-state index contributed by atoms with van der Waals surface area (Å²) in [5.41, 5.74) is 0.357. The van der Waals surface area contributed by atoms with Crippen LogP contribution in [0, 0.1) is 5.92 Å². The van der Waals surface area contributed by atoms with Crippen molar-refractivity contribution in [3.63, 3.8) is 0 Å². The molecule has 19 heavy (non-hydrogen) atoms. The molecule has 2 aliphatic heterocycles. The van der Waals surface area contributed by atoms with Crippen molar-refractivity contribution in [1.82, 2.24) is 15.1 Å². The smallest absolute Gasteiger partial charge is 0.0304 e. The lowest BCUT2D eigenvalue weighted by Crippen LogP contribution is -2.67. The largest absolute Gasteiger partial charge is 0.308 e. The fourth-order valence-electron chi connectivity index (χ4n) is 4.04. The number of piperidine rings is 1. The minimum absolute atomic E-state index is 0.357. The molecular formula is C16H33N3. The Kier molecular flexibility index (Phi) is 4.91. The van der Waals surface area contributed by atoms with Crippen LogP contribution in [0.1, 0.15) is 47.0 Å². The van der Waals surface area contributed by atoms with Gasteiger partial charge >= 0.3 is 0 Å². The Morgan fingerprint density at radius 2 is 1.89 bits per heavy atom. The van der Waals surface area contributed by atoms with Crippen LogP contribution < -0.4 is 5.32 Å². The number of nitrogens with one attached hydrogen (secondary N) is 1. The normalized spacial score (nSPS) is 37.4. The summed E-state index contributed by atoms with van der Waals surface area (Å²) in [6, 6.07) is 1.47. The number of likely N-dealkylation sites (tertiary alicyclic amines) is 1. The van der Waals surface area contributed by atoms with Gasteiger partial charge in [-0.2, -0.15) is 0 Å². The van der Waals surface area contributed by atoms with Gasteiger partial charge in [0.05, 0.1) is 0 Å². The molecule has 2 saturated heterocycles. The maximum atomic E-state index is 3.82. The Bertz CT molecular complexity index is 288. The van der Waals surface area contributed by atoms with Gasteiger partial charge in [0, 0.05) is 37.3 Å². The van der Waals surface area contributed by atoms with Gasteiger partial charge in [-0.05, 0) is 45.7 Å². The molecule has 0 radical (unpaired) electrons. The molecule has 2 rings (SSSR count). The topological polar surface area (TPSA) is 18.5 Å². The first-order valence-electron chi connectivity index (χ1n) is 8.20. The van der Waals surface area contributed by atoms with Crippen LogP contribution in [0.25, 0.3) is 0 Å². The van der Waals surface area contributed by atoms with Gasteiger partial charge < -0.3 is 10.2 Å². The molecule has 3 heteroatoms. The average Bonchev–Trinajstić information content (AvgIpc) is 2.41. The summed E-state index contributed by atoms with van der Waals surface area (Å²) < 4.78 is 0. The van der Waals surface area contributed by atoms with Crippen LogP contribution in [-0.2, 0) is 0 Å². The highest BCUT2D eigenvalue weighted by Gasteiger charge is 2.40. The lowest BCUT2D eigenvalue weighted by Gasteiger charge is -2.52. The van der Waals surface area contributed by atoms with Crippen molar-refractivity contribution < 1.29 is 0 Å². The predicted molar refractivity (Wildman–Crippen MR) is 82.5 cm³/mol. The molecule has 2 fully saturated rings. The third-order valence-electron chi connectivity index (χ3n) is 5.67. The van der Waals surface area contributed by atoms with Crippen LogP contribution >= 0.6 is 0 Å². The van der Waals surface area contributed by atoms with Gasteiger partial charge in [0.25, 0.3) is 0 Å². The highest BCUT2D eigenvalue weighted by Crippen LogP contribution is 2.29. The van der Waals surface area contributed by atoms with Gasteiger partial charge in [-0.3, -0.25) is 4.90 Å². The second-order valence-electron chi connectivity index (χ2n) is 6.99. The zero-order chi connectivity index (χ0) is 14.0. The predicted octanol–water partition coefficient (Wildman–Crippen LogP) is 2.18. The molecule has 0 aliphatic carbocycles. The molecule has 0 aromatic carbocycles. The van der Waals surface area contributed by atoms with Crippen LogP contribution in [0.3, 0.4) is 0 Å². The van der Waals surface area contributed by atoms with E-state index in [1.807, 2.05) is 0 Å². The molecule has 2 heterocycles. The monoisotopic (exact) mass is 267 g/mol. The van der Waals surface area contributed by atoms with Crippen molar-refractivity contribution in [2.45, 2.75) is 64.6 Å². The van der Waals surface area contributed by atoms with E-state index in [4.69, 9.17) is 0 Å². The highest BCUT2D eigenvalue weighted by molar-refractivity contribution is 4.99. The lowest BCUT2D eigenvalue weighted by molar-refractivity contribution is -0.00319. The first-order valence-corrected chi connectivity index (χ1v) is 8.20. The van der Waals surface area contributed by atoms with Crippen LogP contribution in [0.15, 0.2) is 0 Å². The third kappa shape index (κ3) is 3.14. The molecule has 0 aromatic rings. The van der Waals surface area contributed by atoms with E-state index in [2.05, 4.69) is 49.9 Å². The van der Waals surface area contributed by atoms with E-state index in [1.165, 1.54) is 38.9 Å². The number of hydrogen-bond acceptors (Lipinski definition) is 3. The van der Waals surface area contributed by atoms with E-state index in [0.717, 1.165) is 18.5 Å². The summed E-state index contributed by atoms with van der Waals surface area (Å²) in [5, 5.41) is 3.82. The third-order valence-corrected chi connectivity index (χ3v) is 5.67. The number of rotatable bonds is 3. The number of piperazine rings is 1. The first-order chi connectivity index (χ1) is 9.01. The van der Waals surface area contributed by atoms with Crippen molar-refractivity contribution >= 4 is 0 Å². The van der Waals surface area contributed by atoms with E-state index in [9.17, 15) is 0 Å². The molecule has 0 spiro atoms. The van der Waals surface area contributed by atoms with Crippen LogP contribution in [0.2, 0.25) is 0 Å². The Morgan fingerprint density at radius 1 is 1.21 bits per heavy atom. The van der Waals surface area contributed by atoms with Crippen molar-refractivity contribution in [1.29, 1.82) is 0 Å². The summed E-state index contributed by atoms with van der Waals surface area (Å²) >= 11 is 0. The molecule has 0 saturated carbocycles. The maximum absolute atomic E-state index is 3.82. The van der Waals surface area contributed by atoms with Crippen molar-refractivity contribution in [3.8, 4) is 0 Å². The second-order valence-corrected chi connectivity index (χ2v) is 6.99. The molecular weight excluding hydrogens is 234 g/mol. The molecule has 3 unspecified atom stereocenters. The standard InChI is InChI=1S/C16H33N3/c1-6-16(7-2)12-19(14(4)10-17-16)15-8-9-18(5)11-13(15)3/h13-15,17H,6-12H2,1-5H3. The summed E-state index contributed by atoms with van der Waals surface area (Å²) in [7, 11) is 2.26. The van der Waals surface area contributed by atoms with Gasteiger partial charge in [-0.1, -0.05) is 20.8 Å². The Labute approximate surface area is 119 Å². The van der Waals surface area contributed by atoms with Crippen LogP contribution in [0.5, 0.6) is 0 Å². The summed E-state index contributed by atoms with van der Waals surface area (Å²) in [6.45, 7) is 14.4. The summed E-state index contributed by atoms with van der Waals surface area (Å²) in [4.78, 5) is 5.31. The fraction of sp³-hybridized carbons (Fsp3) is 1.00. The lowest BCUT2D eigenvalue weighted by atomic mass is 9.84. The summed E-state index contributed by atoms with van der Waals surface area (Å²) in [5.74, 6) is 0.797. The maximum Gasteiger partial charge on any atom is 0.0304 e. The fourth-order valence-corrected chi connectivity index (χ4v) is 4.04. The van der Waals surface area contributed by atoms with Crippen molar-refractivity contribution in [3.05, 3.63) is 0 Å². The highest BCUT2D eigenvalue weighted by atomic mass is 15.3. The van der Waals surface area contributed by atoms with Gasteiger partial charge in [0.1, 0.15) is 0 Å². The quantitative estimate of drug-likeness (QED) is 0.845. The zero-order valence-corrected chi connectivity index (χ0v) is 13.6. The number of nitrogens with zero attached hydrogens (tertiary/aromatic N) is 2. The van der Waals surface area contributed by atoms with Crippen molar-refractivity contribution in [2.24, 2.45) is 5.92 Å². The molecule has 2 aliphatic rings. The Balaban J connectivity index is 2.08. The molecule has 0 aromatic heterocycles. The van der Waals surface area contributed by atoms with Gasteiger partial charge in [-0.15, -0.1) is 0 Å². The molecule has 1 N–H and O–H groups in total. The zero-order valence-electron chi connectivity index (χ0n) is 13.6. The van der Waals surface area contributed by atoms with E-state index in [0.29, 0.717) is 11.6 Å². The average molecular weight is 267 g/mol. The Hall–Kier alpha value is -0.120. The molecule has 112 valence electrons. The van der Waals surface area contributed by atoms with E-state index in [-0.39, 0.29) is 0 Å². The van der Waals surface area contributed by atoms with E-state index < -0.39 is 0 Å². The van der Waals surface area contributed by atoms with Crippen molar-refractivity contribution in [2.75, 3.05) is 33.2 Å². The SMILES string of the molecule is CCC1(CC)CN(C2CCN(C)CC2C)C(C)CN1. The van der Waals surface area contributed by atoms with Gasteiger partial charge in [0.15, 0.2) is 0 Å². The summed E-state index contributed by atoms with van der Waals surface area (Å²) in [6.07, 6.45) is 3.83. The molecule has 0 amide bonds. The van der Waals surface area contributed by atoms with Crippen LogP contribution in [0.4, 0.5) is 0 Å². The minimum Gasteiger partial charge on any atom is -0.308 e. The molecule has 3 atom stereocenters. The van der Waals surface area contributed by atoms with Gasteiger partial charge in [-0.25, -0.2) is 0 Å². The van der Waals surface area contributed by atoms with E-state index in [1.54, 1.807) is 0 Å². The van der Waals surface area contributed by atoms with Gasteiger partial charge in [0.2, 0.25) is 0 Å². The number of hydrogen-bond donors (Lipinski definition) is 1. The van der Waals surface area contributed by atoms with Crippen LogP contribution in [-0.4, -0.2) is 60.6 Å².